The summed E-state index contributed by atoms with van der Waals surface area (Å²) in [5, 5.41) is 1.08. The maximum atomic E-state index is 5.78. The quantitative estimate of drug-likeness (QED) is 0.728. The summed E-state index contributed by atoms with van der Waals surface area (Å²) in [5.41, 5.74) is 8.39. The molecule has 2 aromatic heterocycles. The maximum absolute atomic E-state index is 5.78. The number of hydrogen-bond donors (Lipinski definition) is 1. The van der Waals surface area contributed by atoms with Crippen LogP contribution in [0.2, 0.25) is 0 Å². The summed E-state index contributed by atoms with van der Waals surface area (Å²) in [7, 11) is 0. The SMILES string of the molecule is NCc1cccnc1-c1cc2ccccc2o1. The zero-order chi connectivity index (χ0) is 11.7. The molecule has 0 saturated heterocycles. The Bertz CT molecular complexity index is 625. The highest BCUT2D eigenvalue weighted by atomic mass is 16.3. The van der Waals surface area contributed by atoms with Gasteiger partial charge in [-0.1, -0.05) is 24.3 Å². The largest absolute Gasteiger partial charge is 0.454 e. The molecule has 0 bridgehead atoms. The van der Waals surface area contributed by atoms with E-state index in [9.17, 15) is 0 Å². The van der Waals surface area contributed by atoms with Gasteiger partial charge in [-0.05, 0) is 23.8 Å². The van der Waals surface area contributed by atoms with Gasteiger partial charge in [0.1, 0.15) is 11.3 Å². The summed E-state index contributed by atoms with van der Waals surface area (Å²) in [6.07, 6.45) is 1.75. The van der Waals surface area contributed by atoms with Gasteiger partial charge in [0, 0.05) is 18.1 Å². The third-order valence-electron chi connectivity index (χ3n) is 2.77. The zero-order valence-corrected chi connectivity index (χ0v) is 9.26. The lowest BCUT2D eigenvalue weighted by molar-refractivity contribution is 0.627. The van der Waals surface area contributed by atoms with E-state index in [1.807, 2.05) is 42.5 Å². The van der Waals surface area contributed by atoms with Gasteiger partial charge in [-0.15, -0.1) is 0 Å². The van der Waals surface area contributed by atoms with Crippen LogP contribution in [-0.4, -0.2) is 4.98 Å². The predicted octanol–water partition coefficient (Wildman–Crippen LogP) is 2.95. The number of nitrogens with zero attached hydrogens (tertiary/aromatic N) is 1. The van der Waals surface area contributed by atoms with E-state index in [-0.39, 0.29) is 0 Å². The minimum Gasteiger partial charge on any atom is -0.454 e. The van der Waals surface area contributed by atoms with Gasteiger partial charge in [0.05, 0.1) is 0 Å². The van der Waals surface area contributed by atoms with E-state index < -0.39 is 0 Å². The fourth-order valence-corrected chi connectivity index (χ4v) is 1.92. The number of fused-ring (bicyclic) bond motifs is 1. The highest BCUT2D eigenvalue weighted by Crippen LogP contribution is 2.28. The lowest BCUT2D eigenvalue weighted by atomic mass is 10.1. The van der Waals surface area contributed by atoms with Crippen LogP contribution in [0, 0.1) is 0 Å². The number of pyridine rings is 1. The number of rotatable bonds is 2. The molecule has 84 valence electrons. The third kappa shape index (κ3) is 1.70. The summed E-state index contributed by atoms with van der Waals surface area (Å²) in [5.74, 6) is 0.771. The molecule has 3 aromatic rings. The van der Waals surface area contributed by atoms with E-state index in [0.29, 0.717) is 6.54 Å². The van der Waals surface area contributed by atoms with Crippen molar-refractivity contribution < 1.29 is 4.42 Å². The first kappa shape index (κ1) is 10.1. The molecule has 0 unspecified atom stereocenters. The molecule has 0 radical (unpaired) electrons. The van der Waals surface area contributed by atoms with E-state index in [0.717, 1.165) is 28.0 Å². The lowest BCUT2D eigenvalue weighted by Crippen LogP contribution is -1.99. The van der Waals surface area contributed by atoms with Crippen LogP contribution >= 0.6 is 0 Å². The van der Waals surface area contributed by atoms with Gasteiger partial charge in [-0.25, -0.2) is 0 Å². The summed E-state index contributed by atoms with van der Waals surface area (Å²) < 4.78 is 5.78. The van der Waals surface area contributed by atoms with Crippen molar-refractivity contribution in [2.45, 2.75) is 6.54 Å². The van der Waals surface area contributed by atoms with E-state index in [4.69, 9.17) is 10.2 Å². The van der Waals surface area contributed by atoms with Crippen molar-refractivity contribution in [3.8, 4) is 11.5 Å². The normalized spacial score (nSPS) is 10.9. The predicted molar refractivity (Wildman–Crippen MR) is 67.3 cm³/mol. The van der Waals surface area contributed by atoms with Crippen LogP contribution in [0.3, 0.4) is 0 Å². The number of benzene rings is 1. The van der Waals surface area contributed by atoms with Crippen molar-refractivity contribution in [1.82, 2.24) is 4.98 Å². The number of aromatic nitrogens is 1. The molecule has 0 amide bonds. The van der Waals surface area contributed by atoms with Crippen molar-refractivity contribution in [3.63, 3.8) is 0 Å². The first-order chi connectivity index (χ1) is 8.38. The van der Waals surface area contributed by atoms with Crippen LogP contribution in [0.1, 0.15) is 5.56 Å². The number of hydrogen-bond acceptors (Lipinski definition) is 3. The Morgan fingerprint density at radius 2 is 2.00 bits per heavy atom. The lowest BCUT2D eigenvalue weighted by Gasteiger charge is -2.02. The molecule has 2 N–H and O–H groups in total. The standard InChI is InChI=1S/C14H12N2O/c15-9-11-5-3-7-16-14(11)13-8-10-4-1-2-6-12(10)17-13/h1-8H,9,15H2. The summed E-state index contributed by atoms with van der Waals surface area (Å²) in [6.45, 7) is 0.459. The highest BCUT2D eigenvalue weighted by Gasteiger charge is 2.10. The van der Waals surface area contributed by atoms with Crippen LogP contribution in [0.5, 0.6) is 0 Å². The molecule has 3 nitrogen and oxygen atoms in total. The molecule has 0 fully saturated rings. The van der Waals surface area contributed by atoms with E-state index in [1.165, 1.54) is 0 Å². The molecule has 17 heavy (non-hydrogen) atoms. The number of nitrogens with two attached hydrogens (primary N) is 1. The van der Waals surface area contributed by atoms with Crippen molar-refractivity contribution in [3.05, 3.63) is 54.2 Å². The number of furan rings is 1. The van der Waals surface area contributed by atoms with Crippen LogP contribution in [0.25, 0.3) is 22.4 Å². The van der Waals surface area contributed by atoms with Gasteiger partial charge in [-0.2, -0.15) is 0 Å². The molecule has 3 heteroatoms. The van der Waals surface area contributed by atoms with Crippen LogP contribution in [0.4, 0.5) is 0 Å². The molecule has 0 aliphatic rings. The van der Waals surface area contributed by atoms with E-state index in [2.05, 4.69) is 4.98 Å². The van der Waals surface area contributed by atoms with Crippen molar-refractivity contribution in [2.24, 2.45) is 5.73 Å². The second-order valence-corrected chi connectivity index (χ2v) is 3.86. The Morgan fingerprint density at radius 1 is 1.12 bits per heavy atom. The van der Waals surface area contributed by atoms with E-state index in [1.54, 1.807) is 6.20 Å². The maximum Gasteiger partial charge on any atom is 0.154 e. The van der Waals surface area contributed by atoms with Crippen molar-refractivity contribution in [2.75, 3.05) is 0 Å². The summed E-state index contributed by atoms with van der Waals surface area (Å²) >= 11 is 0. The molecule has 0 spiro atoms. The molecule has 0 aliphatic carbocycles. The Morgan fingerprint density at radius 3 is 2.82 bits per heavy atom. The molecule has 1 aromatic carbocycles. The van der Waals surface area contributed by atoms with Crippen LogP contribution in [0.15, 0.2) is 53.1 Å². The highest BCUT2D eigenvalue weighted by molar-refractivity contribution is 5.82. The second kappa shape index (κ2) is 4.03. The Balaban J connectivity index is 2.20. The third-order valence-corrected chi connectivity index (χ3v) is 2.77. The smallest absolute Gasteiger partial charge is 0.154 e. The summed E-state index contributed by atoms with van der Waals surface area (Å²) in [6, 6.07) is 13.8. The minimum atomic E-state index is 0.459. The van der Waals surface area contributed by atoms with Gasteiger partial charge in [0.15, 0.2) is 5.76 Å². The molecule has 0 saturated carbocycles. The topological polar surface area (TPSA) is 52.0 Å². The van der Waals surface area contributed by atoms with Crippen LogP contribution in [-0.2, 0) is 6.54 Å². The molecule has 2 heterocycles. The molecule has 3 rings (SSSR count). The Hall–Kier alpha value is -2.13. The molecule has 0 aliphatic heterocycles. The van der Waals surface area contributed by atoms with Crippen molar-refractivity contribution >= 4 is 11.0 Å². The molecular weight excluding hydrogens is 212 g/mol. The van der Waals surface area contributed by atoms with Gasteiger partial charge in [-0.3, -0.25) is 4.98 Å². The van der Waals surface area contributed by atoms with Crippen LogP contribution < -0.4 is 5.73 Å². The van der Waals surface area contributed by atoms with Gasteiger partial charge >= 0.3 is 0 Å². The second-order valence-electron chi connectivity index (χ2n) is 3.86. The fourth-order valence-electron chi connectivity index (χ4n) is 1.92. The van der Waals surface area contributed by atoms with Gasteiger partial charge in [0.2, 0.25) is 0 Å². The average Bonchev–Trinajstić information content (AvgIpc) is 2.82. The van der Waals surface area contributed by atoms with Gasteiger partial charge < -0.3 is 10.2 Å². The monoisotopic (exact) mass is 224 g/mol. The molecular formula is C14H12N2O. The fraction of sp³-hybridized carbons (Fsp3) is 0.0714. The first-order valence-electron chi connectivity index (χ1n) is 5.51. The number of para-hydroxylation sites is 1. The average molecular weight is 224 g/mol. The minimum absolute atomic E-state index is 0.459. The Kier molecular flexibility index (Phi) is 2.38. The van der Waals surface area contributed by atoms with Crippen molar-refractivity contribution in [1.29, 1.82) is 0 Å². The Labute approximate surface area is 98.9 Å². The first-order valence-corrected chi connectivity index (χ1v) is 5.51. The zero-order valence-electron chi connectivity index (χ0n) is 9.26. The summed E-state index contributed by atoms with van der Waals surface area (Å²) in [4.78, 5) is 4.34. The van der Waals surface area contributed by atoms with Gasteiger partial charge in [0.25, 0.3) is 0 Å². The molecule has 0 atom stereocenters. The van der Waals surface area contributed by atoms with E-state index >= 15 is 0 Å².